The Morgan fingerprint density at radius 2 is 2.50 bits per heavy atom. The predicted octanol–water partition coefficient (Wildman–Crippen LogP) is 1.83. The van der Waals surface area contributed by atoms with E-state index in [0.29, 0.717) is 12.2 Å². The fourth-order valence-electron chi connectivity index (χ4n) is 1.76. The van der Waals surface area contributed by atoms with Gasteiger partial charge in [-0.2, -0.15) is 0 Å². The van der Waals surface area contributed by atoms with Gasteiger partial charge >= 0.3 is 0 Å². The standard InChI is InChI=1S/C11H13NO2/c1-11(5-3-7-14-11)10(13)9-4-2-6-12-8-9/h2,4,6,8H,3,5,7H2,1H3. The van der Waals surface area contributed by atoms with Crippen molar-refractivity contribution in [1.29, 1.82) is 0 Å². The molecule has 3 nitrogen and oxygen atoms in total. The van der Waals surface area contributed by atoms with E-state index in [1.165, 1.54) is 0 Å². The highest BCUT2D eigenvalue weighted by Crippen LogP contribution is 2.28. The molecule has 1 aromatic rings. The van der Waals surface area contributed by atoms with Crippen LogP contribution in [0, 0.1) is 0 Å². The molecule has 1 saturated heterocycles. The van der Waals surface area contributed by atoms with Crippen LogP contribution in [0.3, 0.4) is 0 Å². The van der Waals surface area contributed by atoms with Crippen LogP contribution in [-0.4, -0.2) is 23.0 Å². The molecule has 1 unspecified atom stereocenters. The third-order valence-corrected chi connectivity index (χ3v) is 2.62. The maximum Gasteiger partial charge on any atom is 0.195 e. The van der Waals surface area contributed by atoms with Gasteiger partial charge in [0.1, 0.15) is 5.60 Å². The second-order valence-corrected chi connectivity index (χ2v) is 3.75. The summed E-state index contributed by atoms with van der Waals surface area (Å²) in [5, 5.41) is 0. The molecule has 1 aromatic heterocycles. The van der Waals surface area contributed by atoms with Crippen molar-refractivity contribution in [2.75, 3.05) is 6.61 Å². The summed E-state index contributed by atoms with van der Waals surface area (Å²) in [5.74, 6) is 0.0445. The molecule has 0 saturated carbocycles. The minimum Gasteiger partial charge on any atom is -0.367 e. The number of ketones is 1. The number of carbonyl (C=O) groups excluding carboxylic acids is 1. The van der Waals surface area contributed by atoms with E-state index in [9.17, 15) is 4.79 Å². The number of Topliss-reactive ketones (excluding diaryl/α,β-unsaturated/α-hetero) is 1. The van der Waals surface area contributed by atoms with Crippen molar-refractivity contribution >= 4 is 5.78 Å². The summed E-state index contributed by atoms with van der Waals surface area (Å²) in [7, 11) is 0. The first-order chi connectivity index (χ1) is 6.72. The van der Waals surface area contributed by atoms with Crippen molar-refractivity contribution in [3.63, 3.8) is 0 Å². The number of rotatable bonds is 2. The lowest BCUT2D eigenvalue weighted by Crippen LogP contribution is -2.34. The summed E-state index contributed by atoms with van der Waals surface area (Å²) in [6.45, 7) is 2.54. The number of hydrogen-bond donors (Lipinski definition) is 0. The third kappa shape index (κ3) is 1.55. The molecule has 74 valence electrons. The highest BCUT2D eigenvalue weighted by molar-refractivity contribution is 6.02. The van der Waals surface area contributed by atoms with Crippen LogP contribution in [0.15, 0.2) is 24.5 Å². The highest BCUT2D eigenvalue weighted by Gasteiger charge is 2.38. The van der Waals surface area contributed by atoms with Crippen molar-refractivity contribution < 1.29 is 9.53 Å². The van der Waals surface area contributed by atoms with E-state index in [0.717, 1.165) is 12.8 Å². The first-order valence-corrected chi connectivity index (χ1v) is 4.81. The summed E-state index contributed by atoms with van der Waals surface area (Å²) in [5.41, 5.74) is 0.0140. The second kappa shape index (κ2) is 3.50. The lowest BCUT2D eigenvalue weighted by atomic mass is 9.93. The molecule has 0 radical (unpaired) electrons. The normalized spacial score (nSPS) is 26.4. The Morgan fingerprint density at radius 1 is 1.64 bits per heavy atom. The predicted molar refractivity (Wildman–Crippen MR) is 52.2 cm³/mol. The van der Waals surface area contributed by atoms with Gasteiger partial charge in [0.05, 0.1) is 0 Å². The molecule has 2 rings (SSSR count). The largest absolute Gasteiger partial charge is 0.367 e. The Labute approximate surface area is 83.1 Å². The molecule has 1 aliphatic rings. The molecule has 1 aliphatic heterocycles. The Balaban J connectivity index is 2.24. The smallest absolute Gasteiger partial charge is 0.195 e. The van der Waals surface area contributed by atoms with Gasteiger partial charge in [-0.05, 0) is 31.9 Å². The Kier molecular flexibility index (Phi) is 2.33. The van der Waals surface area contributed by atoms with E-state index in [-0.39, 0.29) is 5.78 Å². The minimum atomic E-state index is -0.622. The van der Waals surface area contributed by atoms with Crippen LogP contribution in [0.5, 0.6) is 0 Å². The van der Waals surface area contributed by atoms with Gasteiger partial charge in [0.15, 0.2) is 5.78 Å². The van der Waals surface area contributed by atoms with Crippen molar-refractivity contribution in [2.45, 2.75) is 25.4 Å². The average Bonchev–Trinajstić information content (AvgIpc) is 2.67. The zero-order valence-electron chi connectivity index (χ0n) is 8.19. The summed E-state index contributed by atoms with van der Waals surface area (Å²) in [6, 6.07) is 3.55. The van der Waals surface area contributed by atoms with Gasteiger partial charge < -0.3 is 4.74 Å². The van der Waals surface area contributed by atoms with E-state index < -0.39 is 5.60 Å². The first-order valence-electron chi connectivity index (χ1n) is 4.81. The van der Waals surface area contributed by atoms with Crippen LogP contribution in [0.25, 0.3) is 0 Å². The topological polar surface area (TPSA) is 39.2 Å². The molecule has 0 spiro atoms. The number of carbonyl (C=O) groups is 1. The number of hydrogen-bond acceptors (Lipinski definition) is 3. The molecule has 14 heavy (non-hydrogen) atoms. The number of aromatic nitrogens is 1. The number of pyridine rings is 1. The third-order valence-electron chi connectivity index (χ3n) is 2.62. The second-order valence-electron chi connectivity index (χ2n) is 3.75. The molecular formula is C11H13NO2. The molecule has 0 N–H and O–H groups in total. The molecule has 3 heteroatoms. The van der Waals surface area contributed by atoms with Crippen molar-refractivity contribution in [3.05, 3.63) is 30.1 Å². The molecule has 1 atom stereocenters. The molecule has 2 heterocycles. The SMILES string of the molecule is CC1(C(=O)c2cccnc2)CCCO1. The van der Waals surface area contributed by atoms with Crippen LogP contribution in [0.2, 0.25) is 0 Å². The van der Waals surface area contributed by atoms with Crippen molar-refractivity contribution in [1.82, 2.24) is 4.98 Å². The average molecular weight is 191 g/mol. The Morgan fingerprint density at radius 3 is 3.07 bits per heavy atom. The molecule has 0 amide bonds. The van der Waals surface area contributed by atoms with E-state index >= 15 is 0 Å². The zero-order valence-corrected chi connectivity index (χ0v) is 8.19. The molecular weight excluding hydrogens is 178 g/mol. The minimum absolute atomic E-state index is 0.0445. The summed E-state index contributed by atoms with van der Waals surface area (Å²) in [4.78, 5) is 15.9. The van der Waals surface area contributed by atoms with E-state index in [4.69, 9.17) is 4.74 Å². The van der Waals surface area contributed by atoms with Gasteiger partial charge in [-0.1, -0.05) is 0 Å². The van der Waals surface area contributed by atoms with Crippen molar-refractivity contribution in [3.8, 4) is 0 Å². The Bertz CT molecular complexity index is 328. The Hall–Kier alpha value is -1.22. The van der Waals surface area contributed by atoms with E-state index in [2.05, 4.69) is 4.98 Å². The maximum absolute atomic E-state index is 12.0. The van der Waals surface area contributed by atoms with Crippen LogP contribution >= 0.6 is 0 Å². The van der Waals surface area contributed by atoms with Gasteiger partial charge in [0.25, 0.3) is 0 Å². The lowest BCUT2D eigenvalue weighted by molar-refractivity contribution is 0.0213. The van der Waals surface area contributed by atoms with Crippen LogP contribution < -0.4 is 0 Å². The monoisotopic (exact) mass is 191 g/mol. The van der Waals surface area contributed by atoms with Gasteiger partial charge in [-0.25, -0.2) is 0 Å². The maximum atomic E-state index is 12.0. The fourth-order valence-corrected chi connectivity index (χ4v) is 1.76. The lowest BCUT2D eigenvalue weighted by Gasteiger charge is -2.20. The molecule has 1 fully saturated rings. The van der Waals surface area contributed by atoms with Crippen LogP contribution in [-0.2, 0) is 4.74 Å². The summed E-state index contributed by atoms with van der Waals surface area (Å²) in [6.07, 6.45) is 5.02. The quantitative estimate of drug-likeness (QED) is 0.669. The highest BCUT2D eigenvalue weighted by atomic mass is 16.5. The fraction of sp³-hybridized carbons (Fsp3) is 0.455. The van der Waals surface area contributed by atoms with Crippen LogP contribution in [0.4, 0.5) is 0 Å². The van der Waals surface area contributed by atoms with Gasteiger partial charge in [0.2, 0.25) is 0 Å². The van der Waals surface area contributed by atoms with Gasteiger partial charge in [0, 0.05) is 24.6 Å². The van der Waals surface area contributed by atoms with Crippen molar-refractivity contribution in [2.24, 2.45) is 0 Å². The van der Waals surface area contributed by atoms with Crippen LogP contribution in [0.1, 0.15) is 30.1 Å². The van der Waals surface area contributed by atoms with E-state index in [1.54, 1.807) is 24.5 Å². The van der Waals surface area contributed by atoms with E-state index in [1.807, 2.05) is 6.92 Å². The zero-order chi connectivity index (χ0) is 10.0. The summed E-state index contributed by atoms with van der Waals surface area (Å²) >= 11 is 0. The van der Waals surface area contributed by atoms with Gasteiger partial charge in [-0.15, -0.1) is 0 Å². The molecule has 0 aliphatic carbocycles. The number of nitrogens with zero attached hydrogens (tertiary/aromatic N) is 1. The summed E-state index contributed by atoms with van der Waals surface area (Å²) < 4.78 is 5.48. The first kappa shape index (κ1) is 9.34. The van der Waals surface area contributed by atoms with Gasteiger partial charge in [-0.3, -0.25) is 9.78 Å². The number of ether oxygens (including phenoxy) is 1. The molecule has 0 bridgehead atoms. The molecule has 0 aromatic carbocycles.